The van der Waals surface area contributed by atoms with Gasteiger partial charge in [-0.1, -0.05) is 105 Å². The predicted octanol–water partition coefficient (Wildman–Crippen LogP) is 5.55. The molecule has 0 spiro atoms. The molecule has 70 heavy (non-hydrogen) atoms. The number of carboxylic acid groups (broad SMARTS) is 1. The Hall–Kier alpha value is -4.55. The minimum Gasteiger partial charge on any atom is -0.480 e. The van der Waals surface area contributed by atoms with E-state index in [4.69, 9.17) is 15.2 Å². The third-order valence-electron chi connectivity index (χ3n) is 13.4. The number of primary amides is 1. The summed E-state index contributed by atoms with van der Waals surface area (Å²) in [5, 5.41) is 12.5. The first-order chi connectivity index (χ1) is 32.9. The van der Waals surface area contributed by atoms with Gasteiger partial charge < -0.3 is 40.3 Å². The van der Waals surface area contributed by atoms with E-state index in [0.717, 1.165) is 24.8 Å². The van der Waals surface area contributed by atoms with Crippen LogP contribution in [0.1, 0.15) is 132 Å². The monoisotopic (exact) mass is 1000 g/mol. The van der Waals surface area contributed by atoms with E-state index in [1.54, 1.807) is 37.9 Å². The van der Waals surface area contributed by atoms with Crippen LogP contribution >= 0.6 is 11.8 Å². The largest absolute Gasteiger partial charge is 0.480 e. The molecule has 2 fully saturated rings. The van der Waals surface area contributed by atoms with E-state index in [9.17, 15) is 43.5 Å². The van der Waals surface area contributed by atoms with E-state index in [2.05, 4.69) is 19.2 Å². The Balaban J connectivity index is 0.000000534. The number of thioether (sulfide) groups is 1. The quantitative estimate of drug-likeness (QED) is 0.0694. The van der Waals surface area contributed by atoms with Gasteiger partial charge in [0.25, 0.3) is 0 Å². The van der Waals surface area contributed by atoms with Crippen LogP contribution in [0.25, 0.3) is 0 Å². The number of unbranched alkanes of at least 4 members (excludes halogenated alkanes) is 2. The number of hydrogen-bond acceptors (Lipinski definition) is 11. The van der Waals surface area contributed by atoms with Gasteiger partial charge >= 0.3 is 5.97 Å². The van der Waals surface area contributed by atoms with Crippen molar-refractivity contribution in [3.05, 3.63) is 35.9 Å². The molecule has 396 valence electrons. The van der Waals surface area contributed by atoms with Gasteiger partial charge in [0.15, 0.2) is 0 Å². The minimum absolute atomic E-state index is 0.0278. The van der Waals surface area contributed by atoms with Crippen molar-refractivity contribution in [2.45, 2.75) is 180 Å². The zero-order valence-electron chi connectivity index (χ0n) is 44.3. The number of hydrogen-bond donors (Lipinski definition) is 3. The number of nitrogens with one attached hydrogen (secondary N) is 1. The van der Waals surface area contributed by atoms with Crippen LogP contribution in [0.3, 0.4) is 0 Å². The number of carboxylic acids is 1. The van der Waals surface area contributed by atoms with Gasteiger partial charge in [-0.05, 0) is 54.3 Å². The van der Waals surface area contributed by atoms with E-state index < -0.39 is 48.0 Å². The highest BCUT2D eigenvalue weighted by Gasteiger charge is 2.43. The lowest BCUT2D eigenvalue weighted by molar-refractivity contribution is -0.147. The molecule has 0 aliphatic carbocycles. The lowest BCUT2D eigenvalue weighted by atomic mass is 9.90. The van der Waals surface area contributed by atoms with Crippen molar-refractivity contribution in [2.24, 2.45) is 29.4 Å². The number of likely N-dealkylation sites (tertiary alicyclic amines) is 2. The standard InChI is InChI=1S/C33H53N3O7.C19H33N3O4S/c1-9-22(4)30(35(6)28(37)18-21(2)3)27(42-7)20-29(38)36-17-13-16-26(36)31(43-8)23(5)32(39)34-25(33(40)41)19-24-14-11-10-12-15-24;1-12(2)17(18(20)25)21(5)15(23)9-7-6-8-10-22-16(24)11-14(19(22)26)27-13(3)4/h10-12,14-15,21-23,25-27,30-31H,9,13,16-20H2,1-8H3,(H,34,39)(H,40,41);12-14,17H,6-11H2,1-5H3,(H2,20,25). The number of rotatable bonds is 28. The molecule has 1 aromatic rings. The average molecular weight is 1000 g/mol. The highest BCUT2D eigenvalue weighted by atomic mass is 32.2. The van der Waals surface area contributed by atoms with Crippen LogP contribution in [0.4, 0.5) is 0 Å². The predicted molar refractivity (Wildman–Crippen MR) is 272 cm³/mol. The number of amides is 7. The van der Waals surface area contributed by atoms with Gasteiger partial charge in [0, 0.05) is 67.1 Å². The fourth-order valence-electron chi connectivity index (χ4n) is 9.52. The number of benzene rings is 1. The van der Waals surface area contributed by atoms with Gasteiger partial charge in [-0.2, -0.15) is 0 Å². The molecule has 18 heteroatoms. The lowest BCUT2D eigenvalue weighted by Gasteiger charge is -2.39. The van der Waals surface area contributed by atoms with Crippen molar-refractivity contribution < 1.29 is 52.9 Å². The Kier molecular flexibility index (Phi) is 26.7. The number of aliphatic carboxylic acids is 1. The Morgan fingerprint density at radius 3 is 2.06 bits per heavy atom. The van der Waals surface area contributed by atoms with Gasteiger partial charge in [0.05, 0.1) is 41.9 Å². The van der Waals surface area contributed by atoms with E-state index in [1.165, 1.54) is 28.7 Å². The van der Waals surface area contributed by atoms with Gasteiger partial charge in [0.2, 0.25) is 41.4 Å². The molecule has 0 bridgehead atoms. The van der Waals surface area contributed by atoms with E-state index in [-0.39, 0.29) is 83.9 Å². The molecule has 1 aromatic carbocycles. The smallest absolute Gasteiger partial charge is 0.326 e. The Labute approximate surface area is 422 Å². The second-order valence-corrected chi connectivity index (χ2v) is 21.8. The van der Waals surface area contributed by atoms with Crippen molar-refractivity contribution in [1.29, 1.82) is 0 Å². The van der Waals surface area contributed by atoms with Crippen LogP contribution in [-0.2, 0) is 54.3 Å². The molecule has 17 nitrogen and oxygen atoms in total. The number of imide groups is 1. The number of carbonyl (C=O) groups is 8. The van der Waals surface area contributed by atoms with Crippen molar-refractivity contribution in [3.8, 4) is 0 Å². The minimum atomic E-state index is -1.12. The lowest BCUT2D eigenvalue weighted by Crippen LogP contribution is -2.54. The summed E-state index contributed by atoms with van der Waals surface area (Å²) in [6, 6.07) is 6.83. The average Bonchev–Trinajstić information content (AvgIpc) is 3.88. The summed E-state index contributed by atoms with van der Waals surface area (Å²) < 4.78 is 11.7. The summed E-state index contributed by atoms with van der Waals surface area (Å²) in [5.41, 5.74) is 6.19. The maximum atomic E-state index is 13.8. The Bertz CT molecular complexity index is 1870. The number of likely N-dealkylation sites (N-methyl/N-ethyl adjacent to an activating group) is 2. The number of nitrogens with two attached hydrogens (primary N) is 1. The maximum Gasteiger partial charge on any atom is 0.326 e. The van der Waals surface area contributed by atoms with Gasteiger partial charge in [-0.15, -0.1) is 11.8 Å². The number of nitrogens with zero attached hydrogens (tertiary/aromatic N) is 4. The van der Waals surface area contributed by atoms with Crippen LogP contribution in [0.2, 0.25) is 0 Å². The molecular weight excluding hydrogens is 917 g/mol. The molecule has 0 aromatic heterocycles. The van der Waals surface area contributed by atoms with Gasteiger partial charge in [-0.25, -0.2) is 4.79 Å². The van der Waals surface area contributed by atoms with Crippen molar-refractivity contribution in [2.75, 3.05) is 41.4 Å². The summed E-state index contributed by atoms with van der Waals surface area (Å²) in [5.74, 6) is -2.86. The van der Waals surface area contributed by atoms with Gasteiger partial charge in [-0.3, -0.25) is 38.5 Å². The molecule has 7 amide bonds. The molecule has 9 unspecified atom stereocenters. The molecular formula is C52H86N6O11S. The Morgan fingerprint density at radius 1 is 0.886 bits per heavy atom. The fraction of sp³-hybridized carbons (Fsp3) is 0.731. The molecule has 2 saturated heterocycles. The zero-order valence-corrected chi connectivity index (χ0v) is 45.1. The number of carbonyl (C=O) groups excluding carboxylic acids is 7. The van der Waals surface area contributed by atoms with Gasteiger partial charge in [0.1, 0.15) is 12.1 Å². The van der Waals surface area contributed by atoms with E-state index in [1.807, 2.05) is 71.9 Å². The topological polar surface area (TPSA) is 226 Å². The van der Waals surface area contributed by atoms with Crippen LogP contribution in [0, 0.1) is 23.7 Å². The first-order valence-corrected chi connectivity index (χ1v) is 26.1. The molecule has 2 heterocycles. The van der Waals surface area contributed by atoms with Crippen molar-refractivity contribution in [3.63, 3.8) is 0 Å². The normalized spacial score (nSPS) is 19.0. The van der Waals surface area contributed by atoms with E-state index >= 15 is 0 Å². The second kappa shape index (κ2) is 30.4. The number of methoxy groups -OCH3 is 2. The highest BCUT2D eigenvalue weighted by molar-refractivity contribution is 8.01. The summed E-state index contributed by atoms with van der Waals surface area (Å²) in [4.78, 5) is 106. The summed E-state index contributed by atoms with van der Waals surface area (Å²) in [7, 11) is 6.49. The third-order valence-corrected chi connectivity index (χ3v) is 14.7. The van der Waals surface area contributed by atoms with Crippen molar-refractivity contribution in [1.82, 2.24) is 24.9 Å². The molecule has 2 aliphatic heterocycles. The summed E-state index contributed by atoms with van der Waals surface area (Å²) in [6.45, 7) is 18.5. The molecule has 3 rings (SSSR count). The van der Waals surface area contributed by atoms with Crippen LogP contribution < -0.4 is 11.1 Å². The number of ether oxygens (including phenoxy) is 2. The maximum absolute atomic E-state index is 13.8. The van der Waals surface area contributed by atoms with Crippen molar-refractivity contribution >= 4 is 59.1 Å². The summed E-state index contributed by atoms with van der Waals surface area (Å²) >= 11 is 1.54. The fourth-order valence-corrected chi connectivity index (χ4v) is 10.7. The Morgan fingerprint density at radius 2 is 1.53 bits per heavy atom. The highest BCUT2D eigenvalue weighted by Crippen LogP contribution is 2.31. The van der Waals surface area contributed by atoms with Crippen LogP contribution in [0.15, 0.2) is 30.3 Å². The molecule has 9 atom stereocenters. The first kappa shape index (κ1) is 61.6. The molecule has 0 saturated carbocycles. The molecule has 4 N–H and O–H groups in total. The third kappa shape index (κ3) is 18.6. The van der Waals surface area contributed by atoms with E-state index in [0.29, 0.717) is 50.4 Å². The molecule has 2 aliphatic rings. The SMILES string of the molecule is CC(C)SC1CC(=O)N(CCCCCC(=O)N(C)C(C(N)=O)C(C)C)C1=O.CCC(C)C(C(CC(=O)N1CCCC1C(OC)C(C)C(=O)NC(Cc1ccccc1)C(=O)O)OC)N(C)C(=O)CC(C)C. The zero-order chi connectivity index (χ0) is 53.0. The molecule has 0 radical (unpaired) electrons. The second-order valence-electron chi connectivity index (χ2n) is 20.0. The summed E-state index contributed by atoms with van der Waals surface area (Å²) in [6.07, 6.45) is 4.46. The first-order valence-electron chi connectivity index (χ1n) is 25.1. The van der Waals surface area contributed by atoms with Crippen LogP contribution in [0.5, 0.6) is 0 Å². The van der Waals surface area contributed by atoms with Crippen LogP contribution in [-0.4, -0.2) is 160 Å².